The van der Waals surface area contributed by atoms with Gasteiger partial charge in [-0.1, -0.05) is 23.8 Å². The molecule has 0 radical (unpaired) electrons. The van der Waals surface area contributed by atoms with Crippen molar-refractivity contribution in [2.75, 3.05) is 0 Å². The highest BCUT2D eigenvalue weighted by Crippen LogP contribution is 2.30. The Hall–Kier alpha value is -2.63. The first-order valence-corrected chi connectivity index (χ1v) is 7.10. The van der Waals surface area contributed by atoms with Crippen LogP contribution in [0.25, 0.3) is 11.4 Å². The number of imidazole rings is 1. The minimum Gasteiger partial charge on any atom is -0.481 e. The summed E-state index contributed by atoms with van der Waals surface area (Å²) < 4.78 is 1.75. The number of rotatable bonds is 3. The van der Waals surface area contributed by atoms with E-state index in [1.165, 1.54) is 0 Å². The quantitative estimate of drug-likeness (QED) is 0.906. The molecule has 1 atom stereocenters. The van der Waals surface area contributed by atoms with Crippen LogP contribution in [0.15, 0.2) is 24.3 Å². The van der Waals surface area contributed by atoms with Crippen molar-refractivity contribution in [3.05, 3.63) is 41.2 Å². The molecule has 1 aliphatic heterocycles. The Labute approximate surface area is 127 Å². The molecule has 1 unspecified atom stereocenters. The second-order valence-electron chi connectivity index (χ2n) is 5.59. The zero-order valence-electron chi connectivity index (χ0n) is 12.1. The maximum Gasteiger partial charge on any atom is 0.356 e. The molecule has 2 N–H and O–H groups in total. The lowest BCUT2D eigenvalue weighted by Crippen LogP contribution is -2.27. The molecule has 22 heavy (non-hydrogen) atoms. The molecule has 3 rings (SSSR count). The van der Waals surface area contributed by atoms with Crippen molar-refractivity contribution in [1.29, 1.82) is 0 Å². The fraction of sp³-hybridized carbons (Fsp3) is 0.312. The van der Waals surface area contributed by atoms with Crippen molar-refractivity contribution >= 4 is 11.9 Å². The van der Waals surface area contributed by atoms with Gasteiger partial charge in [0.25, 0.3) is 0 Å². The number of fused-ring (bicyclic) bond motifs is 1. The van der Waals surface area contributed by atoms with Crippen molar-refractivity contribution in [1.82, 2.24) is 9.55 Å². The second kappa shape index (κ2) is 5.29. The van der Waals surface area contributed by atoms with E-state index in [1.54, 1.807) is 4.57 Å². The van der Waals surface area contributed by atoms with Crippen LogP contribution in [0.3, 0.4) is 0 Å². The Morgan fingerprint density at radius 1 is 1.32 bits per heavy atom. The predicted octanol–water partition coefficient (Wildman–Crippen LogP) is 2.20. The van der Waals surface area contributed by atoms with E-state index in [0.29, 0.717) is 24.4 Å². The molecular formula is C16H16N2O4. The second-order valence-corrected chi connectivity index (χ2v) is 5.59. The number of aliphatic carboxylic acids is 1. The normalized spacial score (nSPS) is 17.0. The Balaban J connectivity index is 2.15. The van der Waals surface area contributed by atoms with E-state index in [-0.39, 0.29) is 12.2 Å². The largest absolute Gasteiger partial charge is 0.481 e. The first-order valence-electron chi connectivity index (χ1n) is 7.10. The molecule has 0 fully saturated rings. The van der Waals surface area contributed by atoms with Gasteiger partial charge in [0.05, 0.1) is 11.6 Å². The van der Waals surface area contributed by atoms with Crippen molar-refractivity contribution in [2.24, 2.45) is 5.92 Å². The summed E-state index contributed by atoms with van der Waals surface area (Å²) in [5.74, 6) is -1.91. The molecule has 1 aromatic carbocycles. The number of hydrogen-bond donors (Lipinski definition) is 2. The van der Waals surface area contributed by atoms with Gasteiger partial charge in [0.1, 0.15) is 5.82 Å². The maximum absolute atomic E-state index is 11.4. The lowest BCUT2D eigenvalue weighted by molar-refractivity contribution is -0.142. The SMILES string of the molecule is Cc1cccc(-c2nc(C(=O)O)c3n2CC(C(=O)O)CC3)c1. The molecule has 0 aliphatic carbocycles. The summed E-state index contributed by atoms with van der Waals surface area (Å²) >= 11 is 0. The molecule has 0 bridgehead atoms. The van der Waals surface area contributed by atoms with Gasteiger partial charge in [0, 0.05) is 12.1 Å². The molecule has 6 heteroatoms. The van der Waals surface area contributed by atoms with E-state index in [0.717, 1.165) is 11.1 Å². The zero-order valence-corrected chi connectivity index (χ0v) is 12.1. The third-order valence-corrected chi connectivity index (χ3v) is 4.03. The zero-order chi connectivity index (χ0) is 15.9. The highest BCUT2D eigenvalue weighted by molar-refractivity contribution is 5.88. The number of nitrogens with zero attached hydrogens (tertiary/aromatic N) is 2. The molecule has 0 saturated heterocycles. The lowest BCUT2D eigenvalue weighted by atomic mass is 9.97. The monoisotopic (exact) mass is 300 g/mol. The average molecular weight is 300 g/mol. The van der Waals surface area contributed by atoms with Gasteiger partial charge in [-0.2, -0.15) is 0 Å². The Morgan fingerprint density at radius 2 is 2.09 bits per heavy atom. The molecule has 0 saturated carbocycles. The van der Waals surface area contributed by atoms with E-state index in [2.05, 4.69) is 4.98 Å². The Bertz CT molecular complexity index is 764. The average Bonchev–Trinajstić information content (AvgIpc) is 2.86. The third-order valence-electron chi connectivity index (χ3n) is 4.03. The third kappa shape index (κ3) is 2.36. The molecule has 1 aliphatic rings. The first kappa shape index (κ1) is 14.3. The number of aromatic nitrogens is 2. The van der Waals surface area contributed by atoms with Gasteiger partial charge in [-0.25, -0.2) is 9.78 Å². The molecule has 2 heterocycles. The van der Waals surface area contributed by atoms with Gasteiger partial charge in [-0.05, 0) is 25.8 Å². The van der Waals surface area contributed by atoms with Gasteiger partial charge in [0.2, 0.25) is 0 Å². The van der Waals surface area contributed by atoms with Crippen LogP contribution in [0.1, 0.15) is 28.2 Å². The number of aromatic carboxylic acids is 1. The molecular weight excluding hydrogens is 284 g/mol. The highest BCUT2D eigenvalue weighted by Gasteiger charge is 2.31. The van der Waals surface area contributed by atoms with Crippen molar-refractivity contribution in [3.63, 3.8) is 0 Å². The topological polar surface area (TPSA) is 92.4 Å². The standard InChI is InChI=1S/C16H16N2O4/c1-9-3-2-4-10(7-9)14-17-13(16(21)22)12-6-5-11(15(19)20)8-18(12)14/h2-4,7,11H,5-6,8H2,1H3,(H,19,20)(H,21,22). The summed E-state index contributed by atoms with van der Waals surface area (Å²) in [7, 11) is 0. The van der Waals surface area contributed by atoms with Gasteiger partial charge in [-0.3, -0.25) is 4.79 Å². The molecule has 0 amide bonds. The summed E-state index contributed by atoms with van der Waals surface area (Å²) in [6, 6.07) is 7.61. The van der Waals surface area contributed by atoms with Crippen molar-refractivity contribution in [3.8, 4) is 11.4 Å². The van der Waals surface area contributed by atoms with Gasteiger partial charge in [-0.15, -0.1) is 0 Å². The lowest BCUT2D eigenvalue weighted by Gasteiger charge is -2.22. The summed E-state index contributed by atoms with van der Waals surface area (Å²) in [5.41, 5.74) is 2.49. The van der Waals surface area contributed by atoms with Crippen LogP contribution in [0.2, 0.25) is 0 Å². The van der Waals surface area contributed by atoms with Gasteiger partial charge >= 0.3 is 11.9 Å². The van der Waals surface area contributed by atoms with Crippen LogP contribution in [-0.4, -0.2) is 31.7 Å². The first-order chi connectivity index (χ1) is 10.5. The van der Waals surface area contributed by atoms with Crippen LogP contribution >= 0.6 is 0 Å². The molecule has 1 aromatic heterocycles. The minimum absolute atomic E-state index is 0.0281. The van der Waals surface area contributed by atoms with E-state index in [1.807, 2.05) is 31.2 Å². The maximum atomic E-state index is 11.4. The van der Waals surface area contributed by atoms with Crippen LogP contribution < -0.4 is 0 Å². The fourth-order valence-corrected chi connectivity index (χ4v) is 2.94. The summed E-state index contributed by atoms with van der Waals surface area (Å²) in [6.45, 7) is 2.20. The Kier molecular flexibility index (Phi) is 3.44. The Morgan fingerprint density at radius 3 is 2.73 bits per heavy atom. The molecule has 2 aromatic rings. The molecule has 6 nitrogen and oxygen atoms in total. The minimum atomic E-state index is -1.07. The van der Waals surface area contributed by atoms with Gasteiger partial charge < -0.3 is 14.8 Å². The van der Waals surface area contributed by atoms with Crippen LogP contribution in [0, 0.1) is 12.8 Å². The van der Waals surface area contributed by atoms with Gasteiger partial charge in [0.15, 0.2) is 5.69 Å². The number of carboxylic acids is 2. The van der Waals surface area contributed by atoms with E-state index >= 15 is 0 Å². The predicted molar refractivity (Wildman–Crippen MR) is 78.8 cm³/mol. The molecule has 114 valence electrons. The summed E-state index contributed by atoms with van der Waals surface area (Å²) in [5, 5.41) is 18.6. The number of hydrogen-bond acceptors (Lipinski definition) is 3. The van der Waals surface area contributed by atoms with Crippen molar-refractivity contribution in [2.45, 2.75) is 26.3 Å². The number of benzene rings is 1. The number of aryl methyl sites for hydroxylation is 1. The van der Waals surface area contributed by atoms with Crippen LogP contribution in [-0.2, 0) is 17.8 Å². The number of carboxylic acid groups (broad SMARTS) is 2. The van der Waals surface area contributed by atoms with E-state index in [4.69, 9.17) is 0 Å². The molecule has 0 spiro atoms. The van der Waals surface area contributed by atoms with Crippen LogP contribution in [0.5, 0.6) is 0 Å². The fourth-order valence-electron chi connectivity index (χ4n) is 2.94. The van der Waals surface area contributed by atoms with E-state index in [9.17, 15) is 19.8 Å². The summed E-state index contributed by atoms with van der Waals surface area (Å²) in [4.78, 5) is 26.9. The van der Waals surface area contributed by atoms with E-state index < -0.39 is 17.9 Å². The highest BCUT2D eigenvalue weighted by atomic mass is 16.4. The number of carbonyl (C=O) groups is 2. The summed E-state index contributed by atoms with van der Waals surface area (Å²) in [6.07, 6.45) is 0.853. The van der Waals surface area contributed by atoms with Crippen LogP contribution in [0.4, 0.5) is 0 Å². The smallest absolute Gasteiger partial charge is 0.356 e. The van der Waals surface area contributed by atoms with Crippen molar-refractivity contribution < 1.29 is 19.8 Å².